The van der Waals surface area contributed by atoms with Gasteiger partial charge in [-0.15, -0.1) is 0 Å². The van der Waals surface area contributed by atoms with Gasteiger partial charge in [-0.2, -0.15) is 15.2 Å². The van der Waals surface area contributed by atoms with Gasteiger partial charge in [0.05, 0.1) is 37.3 Å². The average molecular weight is 659 g/mol. The summed E-state index contributed by atoms with van der Waals surface area (Å²) in [5, 5.41) is 12.1. The van der Waals surface area contributed by atoms with E-state index in [1.165, 1.54) is 4.90 Å². The van der Waals surface area contributed by atoms with Crippen molar-refractivity contribution in [3.8, 4) is 23.2 Å². The molecule has 2 unspecified atom stereocenters. The molecule has 3 aromatic carbocycles. The topological polar surface area (TPSA) is 94.8 Å². The zero-order chi connectivity index (χ0) is 32.9. The third kappa shape index (κ3) is 5.34. The van der Waals surface area contributed by atoms with E-state index in [1.54, 1.807) is 18.2 Å². The summed E-state index contributed by atoms with van der Waals surface area (Å²) < 4.78 is 42.9. The minimum Gasteiger partial charge on any atom is -0.461 e. The molecule has 3 saturated heterocycles. The summed E-state index contributed by atoms with van der Waals surface area (Å²) in [4.78, 5) is 27.4. The smallest absolute Gasteiger partial charge is 0.319 e. The standard InChI is InChI=1S/C35H33ClF2N6O3/c1-21(37)33(45)44-16-15-43(17-24(44)11-13-39)32-27-10-9-26(25-7-3-5-22-6-4-8-28(36)29(22)25)30(38)31(27)40-34(41-32)47-20-35-19-46-18-23(35)12-14-42(35)2/h3-10,23-24H,1,11-12,14-20H2,2H3/t23?,24-,35?/m0/s1. The number of ether oxygens (including phenoxy) is 2. The second-order valence-electron chi connectivity index (χ2n) is 12.5. The highest BCUT2D eigenvalue weighted by atomic mass is 35.5. The Morgan fingerprint density at radius 1 is 1.17 bits per heavy atom. The van der Waals surface area contributed by atoms with Crippen molar-refractivity contribution in [2.45, 2.75) is 24.4 Å². The predicted molar refractivity (Wildman–Crippen MR) is 175 cm³/mol. The molecule has 12 heteroatoms. The van der Waals surface area contributed by atoms with Crippen LogP contribution >= 0.6 is 11.6 Å². The molecule has 3 aliphatic heterocycles. The summed E-state index contributed by atoms with van der Waals surface area (Å²) in [6.07, 6.45) is 0.961. The monoisotopic (exact) mass is 658 g/mol. The summed E-state index contributed by atoms with van der Waals surface area (Å²) in [6.45, 7) is 6.05. The Hall–Kier alpha value is -4.37. The third-order valence-corrected chi connectivity index (χ3v) is 10.3. The van der Waals surface area contributed by atoms with Gasteiger partial charge in [-0.25, -0.2) is 8.78 Å². The van der Waals surface area contributed by atoms with Gasteiger partial charge in [0.15, 0.2) is 11.6 Å². The van der Waals surface area contributed by atoms with Gasteiger partial charge < -0.3 is 19.3 Å². The third-order valence-electron chi connectivity index (χ3n) is 9.97. The van der Waals surface area contributed by atoms with Gasteiger partial charge in [0.2, 0.25) is 0 Å². The molecule has 4 aromatic rings. The maximum atomic E-state index is 16.8. The van der Waals surface area contributed by atoms with E-state index >= 15 is 4.39 Å². The van der Waals surface area contributed by atoms with Crippen LogP contribution in [0.15, 0.2) is 60.9 Å². The van der Waals surface area contributed by atoms with Gasteiger partial charge in [0.1, 0.15) is 17.9 Å². The molecular formula is C35H33ClF2N6O3. The molecule has 0 bridgehead atoms. The number of halogens is 3. The van der Waals surface area contributed by atoms with Crippen molar-refractivity contribution in [3.63, 3.8) is 0 Å². The Morgan fingerprint density at radius 2 is 1.98 bits per heavy atom. The number of carbonyl (C=O) groups is 1. The van der Waals surface area contributed by atoms with Gasteiger partial charge >= 0.3 is 6.01 Å². The zero-order valence-corrected chi connectivity index (χ0v) is 26.6. The highest BCUT2D eigenvalue weighted by molar-refractivity contribution is 6.36. The van der Waals surface area contributed by atoms with E-state index in [4.69, 9.17) is 26.1 Å². The highest BCUT2D eigenvalue weighted by Crippen LogP contribution is 2.41. The first kappa shape index (κ1) is 31.2. The lowest BCUT2D eigenvalue weighted by atomic mass is 9.89. The lowest BCUT2D eigenvalue weighted by molar-refractivity contribution is -0.131. The minimum absolute atomic E-state index is 0.00676. The van der Waals surface area contributed by atoms with Crippen LogP contribution in [-0.4, -0.2) is 90.3 Å². The highest BCUT2D eigenvalue weighted by Gasteiger charge is 2.52. The van der Waals surface area contributed by atoms with Crippen LogP contribution in [0.2, 0.25) is 5.02 Å². The van der Waals surface area contributed by atoms with E-state index in [2.05, 4.69) is 22.5 Å². The van der Waals surface area contributed by atoms with Gasteiger partial charge in [-0.05, 0) is 43.1 Å². The van der Waals surface area contributed by atoms with E-state index in [9.17, 15) is 14.4 Å². The molecule has 47 heavy (non-hydrogen) atoms. The number of nitriles is 1. The number of anilines is 1. The molecular weight excluding hydrogens is 626 g/mol. The Kier molecular flexibility index (Phi) is 8.20. The van der Waals surface area contributed by atoms with Crippen molar-refractivity contribution < 1.29 is 23.0 Å². The van der Waals surface area contributed by atoms with Crippen LogP contribution in [0.4, 0.5) is 14.6 Å². The normalized spacial score (nSPS) is 22.9. The van der Waals surface area contributed by atoms with Crippen molar-refractivity contribution in [1.29, 1.82) is 5.26 Å². The van der Waals surface area contributed by atoms with Crippen molar-refractivity contribution in [2.24, 2.45) is 5.92 Å². The van der Waals surface area contributed by atoms with Gasteiger partial charge in [0, 0.05) is 46.9 Å². The summed E-state index contributed by atoms with van der Waals surface area (Å²) in [5.41, 5.74) is 0.678. The maximum Gasteiger partial charge on any atom is 0.319 e. The number of likely N-dealkylation sites (tertiary alicyclic amines) is 1. The molecule has 3 aliphatic rings. The molecule has 0 saturated carbocycles. The number of benzene rings is 3. The molecule has 9 nitrogen and oxygen atoms in total. The van der Waals surface area contributed by atoms with E-state index in [1.807, 2.05) is 42.3 Å². The predicted octanol–water partition coefficient (Wildman–Crippen LogP) is 5.76. The number of nitrogens with zero attached hydrogens (tertiary/aromatic N) is 6. The van der Waals surface area contributed by atoms with E-state index in [0.717, 1.165) is 23.7 Å². The summed E-state index contributed by atoms with van der Waals surface area (Å²) >= 11 is 6.62. The lowest BCUT2D eigenvalue weighted by Crippen LogP contribution is -2.55. The second-order valence-corrected chi connectivity index (χ2v) is 12.9. The van der Waals surface area contributed by atoms with Crippen molar-refractivity contribution in [1.82, 2.24) is 19.8 Å². The fraction of sp³-hybridized carbons (Fsp3) is 0.371. The average Bonchev–Trinajstić information content (AvgIpc) is 3.63. The molecule has 0 spiro atoms. The second kappa shape index (κ2) is 12.3. The first-order chi connectivity index (χ1) is 22.7. The first-order valence-corrected chi connectivity index (χ1v) is 16.0. The molecule has 7 rings (SSSR count). The van der Waals surface area contributed by atoms with Gasteiger partial charge in [-0.1, -0.05) is 54.6 Å². The quantitative estimate of drug-likeness (QED) is 0.232. The molecule has 3 fully saturated rings. The number of rotatable bonds is 7. The van der Waals surface area contributed by atoms with Crippen LogP contribution in [0.5, 0.6) is 6.01 Å². The van der Waals surface area contributed by atoms with Crippen molar-refractivity contribution >= 4 is 45.0 Å². The Bertz CT molecular complexity index is 1950. The molecule has 0 aliphatic carbocycles. The number of piperazine rings is 1. The molecule has 1 aromatic heterocycles. The van der Waals surface area contributed by atoms with Crippen LogP contribution in [0.3, 0.4) is 0 Å². The minimum atomic E-state index is -1.09. The molecule has 1 amide bonds. The summed E-state index contributed by atoms with van der Waals surface area (Å²) in [6, 6.07) is 16.1. The number of carbonyl (C=O) groups excluding carboxylic acids is 1. The van der Waals surface area contributed by atoms with E-state index in [-0.39, 0.29) is 49.7 Å². The molecule has 3 atom stereocenters. The zero-order valence-electron chi connectivity index (χ0n) is 25.9. The number of amides is 1. The molecule has 0 radical (unpaired) electrons. The van der Waals surface area contributed by atoms with E-state index < -0.39 is 23.6 Å². The number of hydrogen-bond donors (Lipinski definition) is 0. The van der Waals surface area contributed by atoms with Gasteiger partial charge in [0.25, 0.3) is 5.91 Å². The molecule has 4 heterocycles. The number of fused-ring (bicyclic) bond motifs is 3. The lowest BCUT2D eigenvalue weighted by Gasteiger charge is -2.41. The summed E-state index contributed by atoms with van der Waals surface area (Å²) in [7, 11) is 2.05. The van der Waals surface area contributed by atoms with Crippen molar-refractivity contribution in [2.75, 3.05) is 57.9 Å². The fourth-order valence-electron chi connectivity index (χ4n) is 7.37. The largest absolute Gasteiger partial charge is 0.461 e. The number of likely N-dealkylation sites (N-methyl/N-ethyl adjacent to an activating group) is 1. The van der Waals surface area contributed by atoms with E-state index in [0.29, 0.717) is 46.5 Å². The van der Waals surface area contributed by atoms with Crippen LogP contribution in [0.25, 0.3) is 32.8 Å². The van der Waals surface area contributed by atoms with Gasteiger partial charge in [-0.3, -0.25) is 9.69 Å². The Balaban J connectivity index is 1.33. The Labute approximate surface area is 275 Å². The first-order valence-electron chi connectivity index (χ1n) is 15.6. The van der Waals surface area contributed by atoms with Crippen LogP contribution < -0.4 is 9.64 Å². The molecule has 0 N–H and O–H groups in total. The van der Waals surface area contributed by atoms with Crippen LogP contribution in [-0.2, 0) is 9.53 Å². The van der Waals surface area contributed by atoms with Crippen LogP contribution in [0, 0.1) is 23.1 Å². The van der Waals surface area contributed by atoms with Crippen LogP contribution in [0.1, 0.15) is 12.8 Å². The summed E-state index contributed by atoms with van der Waals surface area (Å²) in [5.74, 6) is -1.79. The maximum absolute atomic E-state index is 16.8. The van der Waals surface area contributed by atoms with Crippen molar-refractivity contribution in [3.05, 3.63) is 71.8 Å². The molecule has 242 valence electrons. The number of hydrogen-bond acceptors (Lipinski definition) is 8. The SMILES string of the molecule is C=C(F)C(=O)N1CCN(c2nc(OCC34COCC3CCN4C)nc3c(F)c(-c4cccc5cccc(Cl)c45)ccc23)C[C@@H]1CC#N. The number of aromatic nitrogens is 2. The Morgan fingerprint density at radius 3 is 2.77 bits per heavy atom. The fourth-order valence-corrected chi connectivity index (χ4v) is 7.65.